The summed E-state index contributed by atoms with van der Waals surface area (Å²) in [6.07, 6.45) is 9.95. The number of piperazine rings is 1. The topological polar surface area (TPSA) is 82.6 Å². The minimum Gasteiger partial charge on any atom is -0.491 e. The van der Waals surface area contributed by atoms with Crippen molar-refractivity contribution >= 4 is 45.6 Å². The molecule has 0 spiro atoms. The Morgan fingerprint density at radius 1 is 1.10 bits per heavy atom. The molecule has 8 nitrogen and oxygen atoms in total. The summed E-state index contributed by atoms with van der Waals surface area (Å²) in [4.78, 5) is 26.6. The van der Waals surface area contributed by atoms with Gasteiger partial charge in [-0.05, 0) is 55.9 Å². The largest absolute Gasteiger partial charge is 0.491 e. The molecule has 204 valence electrons. The number of aromatic nitrogens is 2. The van der Waals surface area contributed by atoms with E-state index >= 15 is 0 Å². The number of nitrogens with zero attached hydrogens (tertiary/aromatic N) is 4. The molecule has 3 aromatic rings. The van der Waals surface area contributed by atoms with E-state index in [-0.39, 0.29) is 10.9 Å². The van der Waals surface area contributed by atoms with Crippen LogP contribution in [-0.4, -0.2) is 71.0 Å². The number of nitrogens with one attached hydrogen (secondary N) is 2. The molecule has 10 heteroatoms. The first kappa shape index (κ1) is 26.0. The van der Waals surface area contributed by atoms with Crippen molar-refractivity contribution in [2.75, 3.05) is 50.0 Å². The Bertz CT molecular complexity index is 1390. The summed E-state index contributed by atoms with van der Waals surface area (Å²) in [5, 5.41) is 6.87. The SMILES string of the molecule is O=C(/C=C/CN1CCN(C2CC2)CC1)Nc1cc2c(Nc3ccc(F)c(Cl)c3)ncnc2cc1OCC1CC1. The van der Waals surface area contributed by atoms with Crippen molar-refractivity contribution in [3.8, 4) is 5.75 Å². The number of halogens is 2. The fourth-order valence-electron chi connectivity index (χ4n) is 4.84. The maximum absolute atomic E-state index is 13.6. The van der Waals surface area contributed by atoms with Crippen LogP contribution in [0, 0.1) is 11.7 Å². The van der Waals surface area contributed by atoms with Gasteiger partial charge in [-0.1, -0.05) is 17.7 Å². The maximum Gasteiger partial charge on any atom is 0.248 e. The Morgan fingerprint density at radius 3 is 2.67 bits per heavy atom. The van der Waals surface area contributed by atoms with Crippen molar-refractivity contribution in [3.05, 3.63) is 59.7 Å². The summed E-state index contributed by atoms with van der Waals surface area (Å²) in [6.45, 7) is 5.61. The average molecular weight is 551 g/mol. The fourth-order valence-corrected chi connectivity index (χ4v) is 5.02. The van der Waals surface area contributed by atoms with Crippen molar-refractivity contribution in [2.45, 2.75) is 31.7 Å². The van der Waals surface area contributed by atoms with E-state index in [4.69, 9.17) is 16.3 Å². The maximum atomic E-state index is 13.6. The van der Waals surface area contributed by atoms with Crippen LogP contribution in [0.5, 0.6) is 5.75 Å². The summed E-state index contributed by atoms with van der Waals surface area (Å²) in [5.74, 6) is 0.912. The summed E-state index contributed by atoms with van der Waals surface area (Å²) in [7, 11) is 0. The Balaban J connectivity index is 1.17. The zero-order valence-corrected chi connectivity index (χ0v) is 22.5. The normalized spacial score (nSPS) is 18.5. The highest BCUT2D eigenvalue weighted by atomic mass is 35.5. The van der Waals surface area contributed by atoms with Gasteiger partial charge < -0.3 is 15.4 Å². The molecule has 2 N–H and O–H groups in total. The molecule has 39 heavy (non-hydrogen) atoms. The molecule has 1 amide bonds. The molecular weight excluding hydrogens is 519 g/mol. The molecule has 2 aliphatic carbocycles. The number of rotatable bonds is 10. The van der Waals surface area contributed by atoms with Gasteiger partial charge in [0.2, 0.25) is 5.91 Å². The number of anilines is 3. The lowest BCUT2D eigenvalue weighted by molar-refractivity contribution is -0.111. The monoisotopic (exact) mass is 550 g/mol. The van der Waals surface area contributed by atoms with Crippen molar-refractivity contribution in [3.63, 3.8) is 0 Å². The lowest BCUT2D eigenvalue weighted by atomic mass is 10.1. The molecular formula is C29H32ClFN6O2. The molecule has 1 aromatic heterocycles. The van der Waals surface area contributed by atoms with Crippen LogP contribution >= 0.6 is 11.6 Å². The van der Waals surface area contributed by atoms with E-state index in [0.717, 1.165) is 51.6 Å². The first-order valence-electron chi connectivity index (χ1n) is 13.6. The van der Waals surface area contributed by atoms with Gasteiger partial charge in [0.25, 0.3) is 0 Å². The standard InChI is InChI=1S/C29H32ClFN6O2/c30-23-14-20(5-8-24(23)31)34-29-22-15-26(27(39-17-19-3-4-19)16-25(22)32-18-33-29)35-28(38)2-1-9-36-10-12-37(13-11-36)21-6-7-21/h1-2,5,8,14-16,18-19,21H,3-4,6-7,9-13,17H2,(H,35,38)(H,32,33,34)/b2-1+. The molecule has 3 aliphatic rings. The molecule has 1 saturated heterocycles. The minimum absolute atomic E-state index is 0.0126. The van der Waals surface area contributed by atoms with E-state index in [0.29, 0.717) is 46.4 Å². The molecule has 6 rings (SSSR count). The number of ether oxygens (including phenoxy) is 1. The van der Waals surface area contributed by atoms with Gasteiger partial charge in [0.15, 0.2) is 0 Å². The van der Waals surface area contributed by atoms with Crippen LogP contribution in [0.15, 0.2) is 48.8 Å². The van der Waals surface area contributed by atoms with Crippen LogP contribution in [0.3, 0.4) is 0 Å². The summed E-state index contributed by atoms with van der Waals surface area (Å²) >= 11 is 5.96. The second kappa shape index (κ2) is 11.5. The van der Waals surface area contributed by atoms with Crippen molar-refractivity contribution in [1.29, 1.82) is 0 Å². The Morgan fingerprint density at radius 2 is 1.92 bits per heavy atom. The lowest BCUT2D eigenvalue weighted by Crippen LogP contribution is -2.47. The Labute approximate surface area is 232 Å². The first-order valence-corrected chi connectivity index (χ1v) is 14.0. The lowest BCUT2D eigenvalue weighted by Gasteiger charge is -2.34. The third-order valence-corrected chi connectivity index (χ3v) is 7.74. The number of carbonyl (C=O) groups excluding carboxylic acids is 1. The third kappa shape index (κ3) is 6.66. The van der Waals surface area contributed by atoms with Gasteiger partial charge in [-0.25, -0.2) is 14.4 Å². The van der Waals surface area contributed by atoms with E-state index in [9.17, 15) is 9.18 Å². The molecule has 0 atom stereocenters. The molecule has 1 aliphatic heterocycles. The predicted molar refractivity (Wildman–Crippen MR) is 151 cm³/mol. The minimum atomic E-state index is -0.495. The summed E-state index contributed by atoms with van der Waals surface area (Å²) in [6, 6.07) is 8.82. The van der Waals surface area contributed by atoms with E-state index in [1.807, 2.05) is 18.2 Å². The van der Waals surface area contributed by atoms with E-state index in [1.54, 1.807) is 12.1 Å². The van der Waals surface area contributed by atoms with Crippen LogP contribution in [0.4, 0.5) is 21.6 Å². The third-order valence-electron chi connectivity index (χ3n) is 7.45. The molecule has 2 heterocycles. The zero-order chi connectivity index (χ0) is 26.8. The van der Waals surface area contributed by atoms with Crippen LogP contribution in [0.25, 0.3) is 10.9 Å². The van der Waals surface area contributed by atoms with Crippen LogP contribution in [-0.2, 0) is 4.79 Å². The van der Waals surface area contributed by atoms with Gasteiger partial charge in [-0.15, -0.1) is 0 Å². The second-order valence-electron chi connectivity index (χ2n) is 10.6. The molecule has 0 unspecified atom stereocenters. The summed E-state index contributed by atoms with van der Waals surface area (Å²) in [5.41, 5.74) is 1.79. The van der Waals surface area contributed by atoms with E-state index in [2.05, 4.69) is 30.4 Å². The number of benzene rings is 2. The molecule has 3 fully saturated rings. The fraction of sp³-hybridized carbons (Fsp3) is 0.414. The number of fused-ring (bicyclic) bond motifs is 1. The molecule has 2 saturated carbocycles. The number of hydrogen-bond donors (Lipinski definition) is 2. The Hall–Kier alpha value is -3.27. The predicted octanol–water partition coefficient (Wildman–Crippen LogP) is 5.23. The van der Waals surface area contributed by atoms with E-state index in [1.165, 1.54) is 31.3 Å². The number of carbonyl (C=O) groups is 1. The average Bonchev–Trinajstić information content (AvgIpc) is 3.85. The van der Waals surface area contributed by atoms with E-state index < -0.39 is 5.82 Å². The van der Waals surface area contributed by atoms with Crippen molar-refractivity contribution < 1.29 is 13.9 Å². The number of hydrogen-bond acceptors (Lipinski definition) is 7. The van der Waals surface area contributed by atoms with Gasteiger partial charge in [-0.2, -0.15) is 0 Å². The van der Waals surface area contributed by atoms with Crippen LogP contribution in [0.2, 0.25) is 5.02 Å². The van der Waals surface area contributed by atoms with Crippen molar-refractivity contribution in [2.24, 2.45) is 5.92 Å². The molecule has 0 bridgehead atoms. The molecule has 0 radical (unpaired) electrons. The quantitative estimate of drug-likeness (QED) is 0.334. The summed E-state index contributed by atoms with van der Waals surface area (Å²) < 4.78 is 19.7. The second-order valence-corrected chi connectivity index (χ2v) is 11.0. The van der Waals surface area contributed by atoms with Gasteiger partial charge in [0.1, 0.15) is 23.7 Å². The van der Waals surface area contributed by atoms with Gasteiger partial charge >= 0.3 is 0 Å². The molecule has 2 aromatic carbocycles. The smallest absolute Gasteiger partial charge is 0.248 e. The van der Waals surface area contributed by atoms with Gasteiger partial charge in [0, 0.05) is 62.0 Å². The van der Waals surface area contributed by atoms with Crippen molar-refractivity contribution in [1.82, 2.24) is 19.8 Å². The Kier molecular flexibility index (Phi) is 7.63. The number of amides is 1. The van der Waals surface area contributed by atoms with Crippen LogP contribution in [0.1, 0.15) is 25.7 Å². The highest BCUT2D eigenvalue weighted by Crippen LogP contribution is 2.36. The van der Waals surface area contributed by atoms with Crippen LogP contribution < -0.4 is 15.4 Å². The highest BCUT2D eigenvalue weighted by molar-refractivity contribution is 6.31. The van der Waals surface area contributed by atoms with Gasteiger partial charge in [-0.3, -0.25) is 14.6 Å². The highest BCUT2D eigenvalue weighted by Gasteiger charge is 2.30. The first-order chi connectivity index (χ1) is 19.0. The zero-order valence-electron chi connectivity index (χ0n) is 21.7. The van der Waals surface area contributed by atoms with Gasteiger partial charge in [0.05, 0.1) is 22.8 Å².